The average molecular weight is 428 g/mol. The molecule has 10 heteroatoms. The van der Waals surface area contributed by atoms with E-state index in [-0.39, 0.29) is 22.5 Å². The van der Waals surface area contributed by atoms with Crippen LogP contribution in [0.5, 0.6) is 17.2 Å². The van der Waals surface area contributed by atoms with E-state index in [1.54, 1.807) is 0 Å². The summed E-state index contributed by atoms with van der Waals surface area (Å²) in [5.74, 6) is -6.26. The first-order valence-electron chi connectivity index (χ1n) is 8.74. The Morgan fingerprint density at radius 3 is 2.45 bits per heavy atom. The minimum atomic E-state index is -2.29. The minimum absolute atomic E-state index is 0.0683. The van der Waals surface area contributed by atoms with Gasteiger partial charge in [0.25, 0.3) is 0 Å². The first-order chi connectivity index (χ1) is 14.5. The van der Waals surface area contributed by atoms with Gasteiger partial charge in [-0.3, -0.25) is 9.59 Å². The van der Waals surface area contributed by atoms with Crippen molar-refractivity contribution in [2.45, 2.75) is 19.4 Å². The molecule has 0 aromatic heterocycles. The lowest BCUT2D eigenvalue weighted by Gasteiger charge is -2.31. The fourth-order valence-electron chi connectivity index (χ4n) is 3.02. The number of carbonyl (C=O) groups is 4. The molecule has 10 nitrogen and oxygen atoms in total. The Morgan fingerprint density at radius 1 is 1.13 bits per heavy atom. The van der Waals surface area contributed by atoms with Gasteiger partial charge in [-0.05, 0) is 37.6 Å². The predicted octanol–water partition coefficient (Wildman–Crippen LogP) is 1.54. The molecule has 2 aliphatic rings. The molecule has 0 saturated carbocycles. The number of carboxylic acids is 1. The number of phenols is 3. The number of hydrogen-bond donors (Lipinski definition) is 4. The Morgan fingerprint density at radius 2 is 1.81 bits per heavy atom. The second kappa shape index (κ2) is 7.48. The van der Waals surface area contributed by atoms with Gasteiger partial charge in [0.05, 0.1) is 5.57 Å². The van der Waals surface area contributed by atoms with E-state index in [1.807, 2.05) is 0 Å². The van der Waals surface area contributed by atoms with Crippen LogP contribution >= 0.6 is 0 Å². The van der Waals surface area contributed by atoms with Gasteiger partial charge >= 0.3 is 11.9 Å². The zero-order valence-electron chi connectivity index (χ0n) is 16.2. The van der Waals surface area contributed by atoms with Crippen LogP contribution < -0.4 is 0 Å². The molecule has 0 fully saturated rings. The molecule has 4 N–H and O–H groups in total. The number of ether oxygens (including phenoxy) is 2. The summed E-state index contributed by atoms with van der Waals surface area (Å²) in [6, 6.07) is 0.720. The zero-order valence-corrected chi connectivity index (χ0v) is 16.2. The lowest BCUT2D eigenvalue weighted by molar-refractivity contribution is -0.145. The highest BCUT2D eigenvalue weighted by Crippen LogP contribution is 2.39. The van der Waals surface area contributed by atoms with E-state index in [0.29, 0.717) is 0 Å². The van der Waals surface area contributed by atoms with Crippen LogP contribution in [0.4, 0.5) is 0 Å². The van der Waals surface area contributed by atoms with E-state index in [9.17, 15) is 34.5 Å². The van der Waals surface area contributed by atoms with Crippen molar-refractivity contribution >= 4 is 23.5 Å². The fraction of sp³-hybridized carbons (Fsp3) is 0.143. The standard InChI is InChI=1S/C21H16O10/c1-9-17(13(22)7-14(23)18(9)27)20(29)31-21(2)15(24)6-10-5-11(3-4-16(25)26)30-8-12(10)19(21)28/h3-8,22-23,27H,1-2H3,(H,25,26)/b4-3+/t21-/m1/s1. The molecule has 160 valence electrons. The summed E-state index contributed by atoms with van der Waals surface area (Å²) in [4.78, 5) is 48.9. The highest BCUT2D eigenvalue weighted by atomic mass is 16.6. The normalized spacial score (nSPS) is 20.4. The molecule has 1 atom stereocenters. The molecule has 0 saturated heterocycles. The number of rotatable bonds is 4. The number of carbonyl (C=O) groups excluding carboxylic acids is 3. The number of fused-ring (bicyclic) bond motifs is 1. The van der Waals surface area contributed by atoms with E-state index in [0.717, 1.165) is 37.5 Å². The van der Waals surface area contributed by atoms with E-state index in [1.165, 1.54) is 13.0 Å². The third-order valence-electron chi connectivity index (χ3n) is 4.75. The number of aromatic hydroxyl groups is 3. The van der Waals surface area contributed by atoms with Gasteiger partial charge in [0.2, 0.25) is 17.2 Å². The summed E-state index contributed by atoms with van der Waals surface area (Å²) in [6.45, 7) is 2.30. The van der Waals surface area contributed by atoms with Crippen LogP contribution in [0, 0.1) is 6.92 Å². The van der Waals surface area contributed by atoms with E-state index < -0.39 is 51.9 Å². The Bertz CT molecular complexity index is 1170. The van der Waals surface area contributed by atoms with Crippen molar-refractivity contribution in [1.29, 1.82) is 0 Å². The van der Waals surface area contributed by atoms with E-state index in [4.69, 9.17) is 14.6 Å². The first kappa shape index (κ1) is 21.4. The molecule has 31 heavy (non-hydrogen) atoms. The second-order valence-corrected chi connectivity index (χ2v) is 6.85. The number of allylic oxidation sites excluding steroid dienone is 3. The second-order valence-electron chi connectivity index (χ2n) is 6.85. The molecule has 0 spiro atoms. The van der Waals surface area contributed by atoms with Crippen LogP contribution in [0.15, 0.2) is 53.5 Å². The third-order valence-corrected chi connectivity index (χ3v) is 4.75. The summed E-state index contributed by atoms with van der Waals surface area (Å²) >= 11 is 0. The van der Waals surface area contributed by atoms with Crippen LogP contribution in [0.2, 0.25) is 0 Å². The predicted molar refractivity (Wildman–Crippen MR) is 102 cm³/mol. The van der Waals surface area contributed by atoms with Gasteiger partial charge in [0.1, 0.15) is 23.3 Å². The van der Waals surface area contributed by atoms with Gasteiger partial charge in [0.15, 0.2) is 11.5 Å². The van der Waals surface area contributed by atoms with Crippen molar-refractivity contribution in [3.8, 4) is 17.2 Å². The SMILES string of the molecule is Cc1c(O)c(O)cc(O)c1C(=O)O[C@]1(C)C(=O)C=C2C=C(/C=C/C(=O)O)OC=C2C1=O. The number of ketones is 2. The highest BCUT2D eigenvalue weighted by molar-refractivity contribution is 6.26. The first-order valence-corrected chi connectivity index (χ1v) is 8.74. The molecule has 0 radical (unpaired) electrons. The van der Waals surface area contributed by atoms with Gasteiger partial charge in [-0.2, -0.15) is 0 Å². The van der Waals surface area contributed by atoms with Crippen LogP contribution in [0.25, 0.3) is 0 Å². The molecule has 1 aliphatic heterocycles. The largest absolute Gasteiger partial charge is 0.507 e. The van der Waals surface area contributed by atoms with Crippen molar-refractivity contribution in [3.63, 3.8) is 0 Å². The molecular formula is C21H16O10. The van der Waals surface area contributed by atoms with Crippen molar-refractivity contribution in [2.75, 3.05) is 0 Å². The molecule has 1 aromatic rings. The Hall–Kier alpha value is -4.34. The quantitative estimate of drug-likeness (QED) is 0.181. The van der Waals surface area contributed by atoms with E-state index in [2.05, 4.69) is 0 Å². The Balaban J connectivity index is 1.95. The molecular weight excluding hydrogens is 412 g/mol. The maximum Gasteiger partial charge on any atom is 0.343 e. The number of benzene rings is 1. The van der Waals surface area contributed by atoms with Gasteiger partial charge in [-0.15, -0.1) is 0 Å². The topological polar surface area (TPSA) is 168 Å². The van der Waals surface area contributed by atoms with Crippen molar-refractivity contribution in [3.05, 3.63) is 64.7 Å². The lowest BCUT2D eigenvalue weighted by Crippen LogP contribution is -2.50. The van der Waals surface area contributed by atoms with Gasteiger partial charge in [-0.25, -0.2) is 9.59 Å². The molecule has 0 amide bonds. The molecule has 1 aliphatic carbocycles. The molecule has 0 unspecified atom stereocenters. The molecule has 0 bridgehead atoms. The maximum atomic E-state index is 12.9. The average Bonchev–Trinajstić information content (AvgIpc) is 2.69. The summed E-state index contributed by atoms with van der Waals surface area (Å²) < 4.78 is 10.3. The van der Waals surface area contributed by atoms with Crippen molar-refractivity contribution in [1.82, 2.24) is 0 Å². The van der Waals surface area contributed by atoms with Crippen LogP contribution in [-0.4, -0.2) is 49.5 Å². The summed E-state index contributed by atoms with van der Waals surface area (Å²) in [7, 11) is 0. The summed E-state index contributed by atoms with van der Waals surface area (Å²) in [6.07, 6.45) is 5.26. The number of carboxylic acid groups (broad SMARTS) is 1. The van der Waals surface area contributed by atoms with E-state index >= 15 is 0 Å². The van der Waals surface area contributed by atoms with Crippen molar-refractivity contribution < 1.29 is 49.1 Å². The summed E-state index contributed by atoms with van der Waals surface area (Å²) in [5.41, 5.74) is -2.97. The van der Waals surface area contributed by atoms with Crippen LogP contribution in [0.3, 0.4) is 0 Å². The van der Waals surface area contributed by atoms with Gasteiger partial charge in [0, 0.05) is 17.7 Å². The number of Topliss-reactive ketones (excluding diaryl/α,β-unsaturated/α-hetero) is 1. The smallest absolute Gasteiger partial charge is 0.343 e. The number of aliphatic carboxylic acids is 1. The highest BCUT2D eigenvalue weighted by Gasteiger charge is 2.50. The van der Waals surface area contributed by atoms with Crippen molar-refractivity contribution in [2.24, 2.45) is 0 Å². The monoisotopic (exact) mass is 428 g/mol. The minimum Gasteiger partial charge on any atom is -0.507 e. The Kier molecular flexibility index (Phi) is 5.16. The third kappa shape index (κ3) is 3.66. The Labute approximate surface area is 174 Å². The zero-order chi connectivity index (χ0) is 23.1. The number of hydrogen-bond acceptors (Lipinski definition) is 9. The molecule has 1 heterocycles. The molecule has 1 aromatic carbocycles. The van der Waals surface area contributed by atoms with Crippen LogP contribution in [-0.2, 0) is 23.9 Å². The maximum absolute atomic E-state index is 12.9. The number of phenolic OH excluding ortho intramolecular Hbond substituents is 3. The van der Waals surface area contributed by atoms with Crippen LogP contribution in [0.1, 0.15) is 22.8 Å². The van der Waals surface area contributed by atoms with Gasteiger partial charge < -0.3 is 29.9 Å². The van der Waals surface area contributed by atoms with Gasteiger partial charge in [-0.1, -0.05) is 0 Å². The summed E-state index contributed by atoms with van der Waals surface area (Å²) in [5, 5.41) is 38.0. The number of esters is 1. The lowest BCUT2D eigenvalue weighted by atomic mass is 9.80. The molecule has 3 rings (SSSR count). The fourth-order valence-corrected chi connectivity index (χ4v) is 3.02.